The smallest absolute Gasteiger partial charge is 0.224 e. The van der Waals surface area contributed by atoms with Crippen LogP contribution in [0.25, 0.3) is 0 Å². The first-order chi connectivity index (χ1) is 12.8. The van der Waals surface area contributed by atoms with E-state index in [2.05, 4.69) is 22.2 Å². The first kappa shape index (κ1) is 18.0. The van der Waals surface area contributed by atoms with Crippen LogP contribution in [0.4, 0.5) is 11.8 Å². The van der Waals surface area contributed by atoms with Gasteiger partial charge < -0.3 is 15.1 Å². The predicted molar refractivity (Wildman–Crippen MR) is 108 cm³/mol. The molecule has 5 nitrogen and oxygen atoms in total. The summed E-state index contributed by atoms with van der Waals surface area (Å²) < 4.78 is 0. The van der Waals surface area contributed by atoms with E-state index in [0.29, 0.717) is 6.04 Å². The van der Waals surface area contributed by atoms with Crippen molar-refractivity contribution in [3.63, 3.8) is 0 Å². The molecule has 3 heterocycles. The fourth-order valence-electron chi connectivity index (χ4n) is 4.82. The molecule has 26 heavy (non-hydrogen) atoms. The monoisotopic (exact) mass is 357 g/mol. The third-order valence-electron chi connectivity index (χ3n) is 6.48. The molecule has 1 unspecified atom stereocenters. The topological polar surface area (TPSA) is 44.3 Å². The summed E-state index contributed by atoms with van der Waals surface area (Å²) in [4.78, 5) is 15.1. The lowest BCUT2D eigenvalue weighted by Gasteiger charge is -2.26. The second-order valence-corrected chi connectivity index (χ2v) is 8.42. The average molecular weight is 358 g/mol. The number of anilines is 2. The van der Waals surface area contributed by atoms with Gasteiger partial charge in [-0.1, -0.05) is 19.3 Å². The summed E-state index contributed by atoms with van der Waals surface area (Å²) in [6.07, 6.45) is 14.1. The molecule has 0 spiro atoms. The van der Waals surface area contributed by atoms with Gasteiger partial charge in [-0.3, -0.25) is 0 Å². The van der Waals surface area contributed by atoms with E-state index in [1.165, 1.54) is 81.4 Å². The van der Waals surface area contributed by atoms with Crippen LogP contribution >= 0.6 is 0 Å². The summed E-state index contributed by atoms with van der Waals surface area (Å²) in [7, 11) is 2.24. The highest BCUT2D eigenvalue weighted by Gasteiger charge is 2.24. The van der Waals surface area contributed by atoms with E-state index < -0.39 is 0 Å². The minimum atomic E-state index is 0.624. The van der Waals surface area contributed by atoms with Gasteiger partial charge in [0, 0.05) is 31.2 Å². The molecule has 0 saturated carbocycles. The van der Waals surface area contributed by atoms with Crippen LogP contribution in [0.5, 0.6) is 0 Å². The van der Waals surface area contributed by atoms with Crippen LogP contribution in [-0.4, -0.2) is 54.1 Å². The van der Waals surface area contributed by atoms with Crippen LogP contribution < -0.4 is 10.2 Å². The Kier molecular flexibility index (Phi) is 5.93. The maximum atomic E-state index is 5.06. The predicted octanol–water partition coefficient (Wildman–Crippen LogP) is 3.63. The van der Waals surface area contributed by atoms with Gasteiger partial charge >= 0.3 is 0 Å². The molecule has 0 aromatic carbocycles. The molecule has 4 rings (SSSR count). The Bertz CT molecular complexity index is 594. The minimum Gasteiger partial charge on any atom is -0.356 e. The Balaban J connectivity index is 1.57. The van der Waals surface area contributed by atoms with Gasteiger partial charge in [0.05, 0.1) is 5.69 Å². The molecule has 1 aliphatic carbocycles. The van der Waals surface area contributed by atoms with Gasteiger partial charge in [0.25, 0.3) is 0 Å². The van der Waals surface area contributed by atoms with Gasteiger partial charge in [-0.2, -0.15) is 4.98 Å². The third kappa shape index (κ3) is 4.13. The van der Waals surface area contributed by atoms with Crippen LogP contribution in [0, 0.1) is 0 Å². The number of nitrogens with one attached hydrogen (secondary N) is 1. The second-order valence-electron chi connectivity index (χ2n) is 8.42. The quantitative estimate of drug-likeness (QED) is 0.834. The Labute approximate surface area is 158 Å². The van der Waals surface area contributed by atoms with Crippen molar-refractivity contribution < 1.29 is 0 Å². The fraction of sp³-hybridized carbons (Fsp3) is 0.810. The highest BCUT2D eigenvalue weighted by atomic mass is 15.2. The van der Waals surface area contributed by atoms with Crippen molar-refractivity contribution >= 4 is 11.8 Å². The van der Waals surface area contributed by atoms with Gasteiger partial charge in [0.2, 0.25) is 5.95 Å². The number of likely N-dealkylation sites (tertiary alicyclic amines) is 1. The summed E-state index contributed by atoms with van der Waals surface area (Å²) in [6, 6.07) is 0.624. The van der Waals surface area contributed by atoms with Crippen molar-refractivity contribution in [2.45, 2.75) is 76.7 Å². The Morgan fingerprint density at radius 2 is 1.65 bits per heavy atom. The zero-order valence-corrected chi connectivity index (χ0v) is 16.5. The number of hydrogen-bond acceptors (Lipinski definition) is 5. The summed E-state index contributed by atoms with van der Waals surface area (Å²) >= 11 is 0. The summed E-state index contributed by atoms with van der Waals surface area (Å²) in [5.41, 5.74) is 2.77. The summed E-state index contributed by atoms with van der Waals surface area (Å²) in [5.74, 6) is 2.12. The Hall–Kier alpha value is -1.36. The summed E-state index contributed by atoms with van der Waals surface area (Å²) in [5, 5.41) is 3.59. The Morgan fingerprint density at radius 1 is 0.885 bits per heavy atom. The molecule has 1 aromatic heterocycles. The molecule has 0 amide bonds. The normalized spacial score (nSPS) is 24.8. The zero-order valence-electron chi connectivity index (χ0n) is 16.5. The number of nitrogens with zero attached hydrogens (tertiary/aromatic N) is 4. The molecular weight excluding hydrogens is 322 g/mol. The van der Waals surface area contributed by atoms with Gasteiger partial charge in [0.1, 0.15) is 5.82 Å². The highest BCUT2D eigenvalue weighted by molar-refractivity contribution is 5.53. The van der Waals surface area contributed by atoms with Crippen LogP contribution in [0.15, 0.2) is 0 Å². The van der Waals surface area contributed by atoms with E-state index in [0.717, 1.165) is 38.4 Å². The SMILES string of the molecule is CN1CCCC1CNc1nc2c(c(N3CCCCCC3)n1)CCCCC2. The second kappa shape index (κ2) is 8.55. The van der Waals surface area contributed by atoms with Gasteiger partial charge in [0.15, 0.2) is 0 Å². The molecule has 2 aliphatic heterocycles. The molecule has 0 radical (unpaired) electrons. The lowest BCUT2D eigenvalue weighted by molar-refractivity contribution is 0.322. The number of aryl methyl sites for hydroxylation is 1. The maximum absolute atomic E-state index is 5.06. The molecule has 1 aromatic rings. The standard InChI is InChI=1S/C21H35N5/c1-25-13-9-10-17(25)16-22-21-23-19-12-6-4-5-11-18(19)20(24-21)26-14-7-2-3-8-15-26/h17H,2-16H2,1H3,(H,22,23,24). The number of aromatic nitrogens is 2. The van der Waals surface area contributed by atoms with Crippen LogP contribution in [0.2, 0.25) is 0 Å². The zero-order chi connectivity index (χ0) is 17.8. The molecule has 0 bridgehead atoms. The minimum absolute atomic E-state index is 0.624. The van der Waals surface area contributed by atoms with Gasteiger partial charge in [-0.05, 0) is 65.0 Å². The van der Waals surface area contributed by atoms with Crippen molar-refractivity contribution in [2.24, 2.45) is 0 Å². The number of rotatable bonds is 4. The van der Waals surface area contributed by atoms with E-state index in [1.54, 1.807) is 0 Å². The van der Waals surface area contributed by atoms with E-state index in [9.17, 15) is 0 Å². The highest BCUT2D eigenvalue weighted by Crippen LogP contribution is 2.30. The molecule has 1 atom stereocenters. The summed E-state index contributed by atoms with van der Waals surface area (Å²) in [6.45, 7) is 4.51. The lowest BCUT2D eigenvalue weighted by atomic mass is 10.1. The molecule has 144 valence electrons. The fourth-order valence-corrected chi connectivity index (χ4v) is 4.82. The third-order valence-corrected chi connectivity index (χ3v) is 6.48. The van der Waals surface area contributed by atoms with Gasteiger partial charge in [-0.15, -0.1) is 0 Å². The molecular formula is C21H35N5. The van der Waals surface area contributed by atoms with E-state index >= 15 is 0 Å². The average Bonchev–Trinajstić information content (AvgIpc) is 2.87. The van der Waals surface area contributed by atoms with Crippen molar-refractivity contribution in [3.8, 4) is 0 Å². The van der Waals surface area contributed by atoms with Crippen molar-refractivity contribution in [1.82, 2.24) is 14.9 Å². The molecule has 2 fully saturated rings. The van der Waals surface area contributed by atoms with Crippen molar-refractivity contribution in [3.05, 3.63) is 11.3 Å². The van der Waals surface area contributed by atoms with E-state index in [-0.39, 0.29) is 0 Å². The molecule has 1 N–H and O–H groups in total. The van der Waals surface area contributed by atoms with E-state index in [1.807, 2.05) is 0 Å². The van der Waals surface area contributed by atoms with Crippen LogP contribution in [0.1, 0.15) is 69.0 Å². The van der Waals surface area contributed by atoms with Crippen LogP contribution in [-0.2, 0) is 12.8 Å². The molecule has 2 saturated heterocycles. The molecule has 5 heteroatoms. The maximum Gasteiger partial charge on any atom is 0.224 e. The van der Waals surface area contributed by atoms with Crippen molar-refractivity contribution in [1.29, 1.82) is 0 Å². The largest absolute Gasteiger partial charge is 0.356 e. The number of fused-ring (bicyclic) bond motifs is 1. The first-order valence-corrected chi connectivity index (χ1v) is 10.9. The lowest BCUT2D eigenvalue weighted by Crippen LogP contribution is -2.32. The number of likely N-dealkylation sites (N-methyl/N-ethyl adjacent to an activating group) is 1. The van der Waals surface area contributed by atoms with Crippen molar-refractivity contribution in [2.75, 3.05) is 43.4 Å². The van der Waals surface area contributed by atoms with Gasteiger partial charge in [-0.25, -0.2) is 4.98 Å². The molecule has 3 aliphatic rings. The van der Waals surface area contributed by atoms with Crippen LogP contribution in [0.3, 0.4) is 0 Å². The van der Waals surface area contributed by atoms with E-state index in [4.69, 9.17) is 9.97 Å². The first-order valence-electron chi connectivity index (χ1n) is 10.9. The number of hydrogen-bond donors (Lipinski definition) is 1. The Morgan fingerprint density at radius 3 is 2.42 bits per heavy atom.